The van der Waals surface area contributed by atoms with Crippen molar-refractivity contribution in [3.8, 4) is 0 Å². The Kier molecular flexibility index (Phi) is 4.54. The lowest BCUT2D eigenvalue weighted by molar-refractivity contribution is -0.0287. The molecule has 6 heteroatoms. The van der Waals surface area contributed by atoms with E-state index in [1.807, 2.05) is 6.07 Å². The largest absolute Gasteiger partial charge is 0.475 e. The average Bonchev–Trinajstić information content (AvgIpc) is 2.45. The number of anilines is 1. The molecular weight excluding hydrogens is 258 g/mol. The monoisotopic (exact) mass is 279 g/mol. The summed E-state index contributed by atoms with van der Waals surface area (Å²) in [7, 11) is 0. The molecule has 2 unspecified atom stereocenters. The minimum absolute atomic E-state index is 0.146. The lowest BCUT2D eigenvalue weighted by atomic mass is 10.1. The molecule has 0 amide bonds. The van der Waals surface area contributed by atoms with Crippen LogP contribution in [0.3, 0.4) is 0 Å². The Bertz CT molecular complexity index is 481. The van der Waals surface area contributed by atoms with E-state index in [1.54, 1.807) is 6.92 Å². The molecule has 0 aromatic carbocycles. The molecule has 2 atom stereocenters. The SMILES string of the molecule is CCC1CN(c2cc(C)nc(C(=O)O)n2)CC(CC)O1. The first-order valence-electron chi connectivity index (χ1n) is 7.02. The number of carboxylic acid groups (broad SMARTS) is 1. The van der Waals surface area contributed by atoms with Gasteiger partial charge in [-0.2, -0.15) is 0 Å². The first kappa shape index (κ1) is 14.7. The van der Waals surface area contributed by atoms with Crippen LogP contribution in [-0.4, -0.2) is 46.3 Å². The topological polar surface area (TPSA) is 75.6 Å². The molecule has 2 heterocycles. The fourth-order valence-electron chi connectivity index (χ4n) is 2.37. The molecule has 0 bridgehead atoms. The van der Waals surface area contributed by atoms with E-state index >= 15 is 0 Å². The molecule has 20 heavy (non-hydrogen) atoms. The van der Waals surface area contributed by atoms with Crippen molar-refractivity contribution in [2.75, 3.05) is 18.0 Å². The van der Waals surface area contributed by atoms with Crippen molar-refractivity contribution in [2.24, 2.45) is 0 Å². The smallest absolute Gasteiger partial charge is 0.374 e. The van der Waals surface area contributed by atoms with E-state index in [-0.39, 0.29) is 18.0 Å². The molecule has 1 fully saturated rings. The molecule has 0 saturated carbocycles. The molecule has 1 aliphatic rings. The number of carbonyl (C=O) groups is 1. The summed E-state index contributed by atoms with van der Waals surface area (Å²) in [5.41, 5.74) is 0.667. The van der Waals surface area contributed by atoms with Crippen LogP contribution >= 0.6 is 0 Å². The van der Waals surface area contributed by atoms with Crippen LogP contribution in [0.15, 0.2) is 6.07 Å². The number of aromatic carboxylic acids is 1. The number of hydrogen-bond donors (Lipinski definition) is 1. The number of aryl methyl sites for hydroxylation is 1. The van der Waals surface area contributed by atoms with E-state index < -0.39 is 5.97 Å². The van der Waals surface area contributed by atoms with Gasteiger partial charge in [0.05, 0.1) is 12.2 Å². The molecule has 0 spiro atoms. The second-order valence-electron chi connectivity index (χ2n) is 5.10. The number of morpholine rings is 1. The molecule has 1 N–H and O–H groups in total. The molecule has 110 valence electrons. The van der Waals surface area contributed by atoms with Gasteiger partial charge in [-0.05, 0) is 19.8 Å². The zero-order valence-corrected chi connectivity index (χ0v) is 12.2. The predicted octanol–water partition coefficient (Wildman–Crippen LogP) is 1.88. The van der Waals surface area contributed by atoms with E-state index in [0.717, 1.165) is 25.9 Å². The lowest BCUT2D eigenvalue weighted by Crippen LogP contribution is -2.47. The summed E-state index contributed by atoms with van der Waals surface area (Å²) in [5, 5.41) is 9.06. The van der Waals surface area contributed by atoms with Gasteiger partial charge in [0, 0.05) is 24.8 Å². The van der Waals surface area contributed by atoms with Gasteiger partial charge in [0.1, 0.15) is 5.82 Å². The van der Waals surface area contributed by atoms with Crippen LogP contribution in [0.25, 0.3) is 0 Å². The van der Waals surface area contributed by atoms with Gasteiger partial charge in [0.2, 0.25) is 5.82 Å². The Balaban J connectivity index is 2.27. The van der Waals surface area contributed by atoms with Gasteiger partial charge in [0.25, 0.3) is 0 Å². The molecule has 1 aromatic rings. The maximum atomic E-state index is 11.1. The number of nitrogens with zero attached hydrogens (tertiary/aromatic N) is 3. The molecular formula is C14H21N3O3. The molecule has 0 radical (unpaired) electrons. The molecule has 2 rings (SSSR count). The summed E-state index contributed by atoms with van der Waals surface area (Å²) >= 11 is 0. The van der Waals surface area contributed by atoms with Gasteiger partial charge in [-0.15, -0.1) is 0 Å². The lowest BCUT2D eigenvalue weighted by Gasteiger charge is -2.38. The van der Waals surface area contributed by atoms with Crippen molar-refractivity contribution in [3.05, 3.63) is 17.6 Å². The Hall–Kier alpha value is -1.69. The van der Waals surface area contributed by atoms with Crippen LogP contribution in [-0.2, 0) is 4.74 Å². The van der Waals surface area contributed by atoms with E-state index in [4.69, 9.17) is 9.84 Å². The predicted molar refractivity (Wildman–Crippen MR) is 75.2 cm³/mol. The van der Waals surface area contributed by atoms with Gasteiger partial charge in [-0.25, -0.2) is 14.8 Å². The molecule has 1 saturated heterocycles. The molecule has 1 aliphatic heterocycles. The maximum absolute atomic E-state index is 11.1. The number of hydrogen-bond acceptors (Lipinski definition) is 5. The third-order valence-corrected chi connectivity index (χ3v) is 3.50. The highest BCUT2D eigenvalue weighted by atomic mass is 16.5. The van der Waals surface area contributed by atoms with Crippen molar-refractivity contribution in [1.82, 2.24) is 9.97 Å². The quantitative estimate of drug-likeness (QED) is 0.907. The van der Waals surface area contributed by atoms with Gasteiger partial charge < -0.3 is 14.7 Å². The minimum Gasteiger partial charge on any atom is -0.475 e. The third-order valence-electron chi connectivity index (χ3n) is 3.50. The molecule has 0 aliphatic carbocycles. The van der Waals surface area contributed by atoms with Crippen LogP contribution in [0.4, 0.5) is 5.82 Å². The first-order chi connectivity index (χ1) is 9.53. The molecule has 1 aromatic heterocycles. The van der Waals surface area contributed by atoms with E-state index in [2.05, 4.69) is 28.7 Å². The van der Waals surface area contributed by atoms with E-state index in [1.165, 1.54) is 0 Å². The highest BCUT2D eigenvalue weighted by Crippen LogP contribution is 2.22. The van der Waals surface area contributed by atoms with Gasteiger partial charge in [-0.3, -0.25) is 0 Å². The summed E-state index contributed by atoms with van der Waals surface area (Å²) < 4.78 is 5.94. The van der Waals surface area contributed by atoms with Crippen molar-refractivity contribution >= 4 is 11.8 Å². The Morgan fingerprint density at radius 1 is 1.35 bits per heavy atom. The van der Waals surface area contributed by atoms with E-state index in [9.17, 15) is 4.79 Å². The zero-order chi connectivity index (χ0) is 14.7. The maximum Gasteiger partial charge on any atom is 0.374 e. The summed E-state index contributed by atoms with van der Waals surface area (Å²) in [4.78, 5) is 21.3. The Morgan fingerprint density at radius 2 is 1.95 bits per heavy atom. The number of ether oxygens (including phenoxy) is 1. The number of carboxylic acids is 1. The van der Waals surface area contributed by atoms with Crippen LogP contribution in [0.1, 0.15) is 43.0 Å². The third kappa shape index (κ3) is 3.25. The average molecular weight is 279 g/mol. The van der Waals surface area contributed by atoms with Gasteiger partial charge in [-0.1, -0.05) is 13.8 Å². The zero-order valence-electron chi connectivity index (χ0n) is 12.2. The Morgan fingerprint density at radius 3 is 2.45 bits per heavy atom. The Labute approximate surface area is 118 Å². The summed E-state index contributed by atoms with van der Waals surface area (Å²) in [5.74, 6) is -0.565. The normalized spacial score (nSPS) is 22.9. The van der Waals surface area contributed by atoms with Crippen molar-refractivity contribution in [3.63, 3.8) is 0 Å². The second-order valence-corrected chi connectivity index (χ2v) is 5.10. The highest BCUT2D eigenvalue weighted by Gasteiger charge is 2.27. The van der Waals surface area contributed by atoms with Gasteiger partial charge >= 0.3 is 5.97 Å². The minimum atomic E-state index is -1.10. The second kappa shape index (κ2) is 6.17. The fraction of sp³-hybridized carbons (Fsp3) is 0.643. The van der Waals surface area contributed by atoms with Gasteiger partial charge in [0.15, 0.2) is 0 Å². The number of aromatic nitrogens is 2. The van der Waals surface area contributed by atoms with Crippen LogP contribution < -0.4 is 4.90 Å². The highest BCUT2D eigenvalue weighted by molar-refractivity contribution is 5.83. The summed E-state index contributed by atoms with van der Waals surface area (Å²) in [6.45, 7) is 7.45. The molecule has 6 nitrogen and oxygen atoms in total. The summed E-state index contributed by atoms with van der Waals surface area (Å²) in [6.07, 6.45) is 2.20. The number of rotatable bonds is 4. The standard InChI is InChI=1S/C14H21N3O3/c1-4-10-7-17(8-11(5-2)20-10)12-6-9(3)15-13(16-12)14(18)19/h6,10-11H,4-5,7-8H2,1-3H3,(H,18,19). The van der Waals surface area contributed by atoms with E-state index in [0.29, 0.717) is 11.5 Å². The fourth-order valence-corrected chi connectivity index (χ4v) is 2.37. The van der Waals surface area contributed by atoms with Crippen LogP contribution in [0.5, 0.6) is 0 Å². The first-order valence-corrected chi connectivity index (χ1v) is 7.02. The van der Waals surface area contributed by atoms with Crippen molar-refractivity contribution < 1.29 is 14.6 Å². The van der Waals surface area contributed by atoms with Crippen molar-refractivity contribution in [2.45, 2.75) is 45.8 Å². The summed E-state index contributed by atoms with van der Waals surface area (Å²) in [6, 6.07) is 1.83. The van der Waals surface area contributed by atoms with Crippen LogP contribution in [0, 0.1) is 6.92 Å². The van der Waals surface area contributed by atoms with Crippen LogP contribution in [0.2, 0.25) is 0 Å². The van der Waals surface area contributed by atoms with Crippen molar-refractivity contribution in [1.29, 1.82) is 0 Å².